The van der Waals surface area contributed by atoms with Gasteiger partial charge in [0.25, 0.3) is 0 Å². The SMILES string of the molecule is Cc1nc(N)c2c(C)c(C)n(CC3CCC(C)CC3)c2n1. The number of aromatic nitrogens is 3. The molecule has 2 N–H and O–H groups in total. The number of hydrogen-bond acceptors (Lipinski definition) is 3. The molecule has 1 fully saturated rings. The molecule has 0 atom stereocenters. The van der Waals surface area contributed by atoms with Crippen LogP contribution in [0.4, 0.5) is 5.82 Å². The summed E-state index contributed by atoms with van der Waals surface area (Å²) in [5.41, 5.74) is 9.66. The summed E-state index contributed by atoms with van der Waals surface area (Å²) in [4.78, 5) is 9.00. The van der Waals surface area contributed by atoms with E-state index in [1.54, 1.807) is 0 Å². The van der Waals surface area contributed by atoms with Gasteiger partial charge in [-0.1, -0.05) is 19.8 Å². The summed E-state index contributed by atoms with van der Waals surface area (Å²) in [6.07, 6.45) is 5.38. The first-order valence-corrected chi connectivity index (χ1v) is 8.07. The fourth-order valence-electron chi connectivity index (χ4n) is 3.67. The van der Waals surface area contributed by atoms with Crippen LogP contribution in [0.5, 0.6) is 0 Å². The lowest BCUT2D eigenvalue weighted by molar-refractivity contribution is 0.265. The van der Waals surface area contributed by atoms with E-state index in [2.05, 4.69) is 35.3 Å². The van der Waals surface area contributed by atoms with Gasteiger partial charge in [0.05, 0.1) is 5.39 Å². The van der Waals surface area contributed by atoms with Gasteiger partial charge in [0.15, 0.2) is 0 Å². The Labute approximate surface area is 126 Å². The van der Waals surface area contributed by atoms with Crippen LogP contribution < -0.4 is 5.73 Å². The van der Waals surface area contributed by atoms with E-state index < -0.39 is 0 Å². The third-order valence-corrected chi connectivity index (χ3v) is 5.18. The average Bonchev–Trinajstić information content (AvgIpc) is 2.66. The van der Waals surface area contributed by atoms with Crippen molar-refractivity contribution in [3.8, 4) is 0 Å². The molecule has 1 aliphatic carbocycles. The fourth-order valence-corrected chi connectivity index (χ4v) is 3.67. The molecule has 0 radical (unpaired) electrons. The van der Waals surface area contributed by atoms with E-state index in [9.17, 15) is 0 Å². The van der Waals surface area contributed by atoms with Gasteiger partial charge in [0, 0.05) is 12.2 Å². The molecule has 0 spiro atoms. The molecule has 2 heterocycles. The molecule has 1 saturated carbocycles. The number of nitrogens with two attached hydrogens (primary N) is 1. The molecule has 0 saturated heterocycles. The maximum absolute atomic E-state index is 6.13. The molecule has 0 aromatic carbocycles. The monoisotopic (exact) mass is 286 g/mol. The average molecular weight is 286 g/mol. The first-order chi connectivity index (χ1) is 9.97. The second-order valence-corrected chi connectivity index (χ2v) is 6.80. The van der Waals surface area contributed by atoms with E-state index in [0.29, 0.717) is 5.82 Å². The van der Waals surface area contributed by atoms with Crippen molar-refractivity contribution in [1.82, 2.24) is 14.5 Å². The summed E-state index contributed by atoms with van der Waals surface area (Å²) in [5, 5.41) is 1.04. The van der Waals surface area contributed by atoms with Crippen molar-refractivity contribution in [2.45, 2.75) is 59.9 Å². The van der Waals surface area contributed by atoms with Gasteiger partial charge in [-0.25, -0.2) is 9.97 Å². The summed E-state index contributed by atoms with van der Waals surface area (Å²) in [7, 11) is 0. The molecule has 114 valence electrons. The van der Waals surface area contributed by atoms with Crippen LogP contribution in [0, 0.1) is 32.6 Å². The Kier molecular flexibility index (Phi) is 3.64. The van der Waals surface area contributed by atoms with Crippen molar-refractivity contribution in [2.75, 3.05) is 5.73 Å². The first-order valence-electron chi connectivity index (χ1n) is 8.07. The lowest BCUT2D eigenvalue weighted by atomic mass is 9.83. The van der Waals surface area contributed by atoms with E-state index in [4.69, 9.17) is 5.73 Å². The van der Waals surface area contributed by atoms with E-state index in [0.717, 1.165) is 35.2 Å². The summed E-state index contributed by atoms with van der Waals surface area (Å²) in [6.45, 7) is 9.66. The van der Waals surface area contributed by atoms with Crippen molar-refractivity contribution >= 4 is 16.9 Å². The van der Waals surface area contributed by atoms with E-state index in [1.807, 2.05) is 6.92 Å². The summed E-state index contributed by atoms with van der Waals surface area (Å²) in [6, 6.07) is 0. The highest BCUT2D eigenvalue weighted by atomic mass is 15.1. The normalized spacial score (nSPS) is 22.9. The van der Waals surface area contributed by atoms with Crippen LogP contribution >= 0.6 is 0 Å². The van der Waals surface area contributed by atoms with Gasteiger partial charge in [0.2, 0.25) is 0 Å². The molecule has 4 heteroatoms. The predicted octanol–water partition coefficient (Wildman–Crippen LogP) is 3.77. The standard InChI is InChI=1S/C17H26N4/c1-10-5-7-14(8-6-10)9-21-12(3)11(2)15-16(18)19-13(4)20-17(15)21/h10,14H,5-9H2,1-4H3,(H2,18,19,20). The summed E-state index contributed by atoms with van der Waals surface area (Å²) < 4.78 is 2.37. The van der Waals surface area contributed by atoms with Crippen LogP contribution in [-0.4, -0.2) is 14.5 Å². The fraction of sp³-hybridized carbons (Fsp3) is 0.647. The van der Waals surface area contributed by atoms with Crippen LogP contribution in [0.2, 0.25) is 0 Å². The van der Waals surface area contributed by atoms with Crippen LogP contribution in [0.3, 0.4) is 0 Å². The van der Waals surface area contributed by atoms with Crippen LogP contribution in [0.1, 0.15) is 49.7 Å². The van der Waals surface area contributed by atoms with Gasteiger partial charge in [-0.2, -0.15) is 0 Å². The Balaban J connectivity index is 2.00. The molecule has 0 bridgehead atoms. The van der Waals surface area contributed by atoms with Gasteiger partial charge in [-0.3, -0.25) is 0 Å². The highest BCUT2D eigenvalue weighted by Gasteiger charge is 2.22. The topological polar surface area (TPSA) is 56.7 Å². The van der Waals surface area contributed by atoms with Gasteiger partial charge in [0.1, 0.15) is 17.3 Å². The smallest absolute Gasteiger partial charge is 0.146 e. The van der Waals surface area contributed by atoms with Gasteiger partial charge < -0.3 is 10.3 Å². The Bertz CT molecular complexity index is 663. The van der Waals surface area contributed by atoms with Crippen LogP contribution in [0.15, 0.2) is 0 Å². The van der Waals surface area contributed by atoms with Crippen LogP contribution in [-0.2, 0) is 6.54 Å². The molecular formula is C17H26N4. The molecular weight excluding hydrogens is 260 g/mol. The minimum absolute atomic E-state index is 0.620. The third kappa shape index (κ3) is 2.52. The number of rotatable bonds is 2. The van der Waals surface area contributed by atoms with Crippen molar-refractivity contribution in [2.24, 2.45) is 11.8 Å². The molecule has 0 amide bonds. The van der Waals surface area contributed by atoms with Gasteiger partial charge in [-0.05, 0) is 51.0 Å². The van der Waals surface area contributed by atoms with Crippen molar-refractivity contribution < 1.29 is 0 Å². The molecule has 21 heavy (non-hydrogen) atoms. The third-order valence-electron chi connectivity index (χ3n) is 5.18. The van der Waals surface area contributed by atoms with E-state index >= 15 is 0 Å². The highest BCUT2D eigenvalue weighted by molar-refractivity contribution is 5.91. The van der Waals surface area contributed by atoms with Crippen molar-refractivity contribution in [3.05, 3.63) is 17.1 Å². The number of hydrogen-bond donors (Lipinski definition) is 1. The number of nitrogens with zero attached hydrogens (tertiary/aromatic N) is 3. The second kappa shape index (κ2) is 5.32. The first kappa shape index (κ1) is 14.4. The van der Waals surface area contributed by atoms with Crippen molar-refractivity contribution in [3.63, 3.8) is 0 Å². The molecule has 1 aliphatic rings. The molecule has 0 unspecified atom stereocenters. The number of anilines is 1. The van der Waals surface area contributed by atoms with E-state index in [1.165, 1.54) is 36.9 Å². The number of aryl methyl sites for hydroxylation is 2. The summed E-state index contributed by atoms with van der Waals surface area (Å²) in [5.74, 6) is 3.04. The molecule has 2 aromatic heterocycles. The zero-order valence-electron chi connectivity index (χ0n) is 13.6. The van der Waals surface area contributed by atoms with Crippen molar-refractivity contribution in [1.29, 1.82) is 0 Å². The lowest BCUT2D eigenvalue weighted by Gasteiger charge is -2.27. The Morgan fingerprint density at radius 3 is 2.43 bits per heavy atom. The second-order valence-electron chi connectivity index (χ2n) is 6.80. The lowest BCUT2D eigenvalue weighted by Crippen LogP contribution is -2.18. The Morgan fingerprint density at radius 2 is 1.76 bits per heavy atom. The Morgan fingerprint density at radius 1 is 1.10 bits per heavy atom. The van der Waals surface area contributed by atoms with Gasteiger partial charge in [-0.15, -0.1) is 0 Å². The minimum Gasteiger partial charge on any atom is -0.383 e. The molecule has 0 aliphatic heterocycles. The van der Waals surface area contributed by atoms with Gasteiger partial charge >= 0.3 is 0 Å². The zero-order chi connectivity index (χ0) is 15.1. The molecule has 4 nitrogen and oxygen atoms in total. The maximum atomic E-state index is 6.13. The van der Waals surface area contributed by atoms with E-state index in [-0.39, 0.29) is 0 Å². The molecule has 2 aromatic rings. The Hall–Kier alpha value is -1.58. The largest absolute Gasteiger partial charge is 0.383 e. The molecule has 3 rings (SSSR count). The minimum atomic E-state index is 0.620. The predicted molar refractivity (Wildman–Crippen MR) is 87.3 cm³/mol. The quantitative estimate of drug-likeness (QED) is 0.914. The zero-order valence-corrected chi connectivity index (χ0v) is 13.6. The highest BCUT2D eigenvalue weighted by Crippen LogP contribution is 2.33. The number of fused-ring (bicyclic) bond motifs is 1. The maximum Gasteiger partial charge on any atom is 0.146 e. The number of nitrogen functional groups attached to an aromatic ring is 1. The van der Waals surface area contributed by atoms with Crippen LogP contribution in [0.25, 0.3) is 11.0 Å². The summed E-state index contributed by atoms with van der Waals surface area (Å²) >= 11 is 0.